The van der Waals surface area contributed by atoms with Crippen molar-refractivity contribution in [1.82, 2.24) is 10.2 Å². The lowest BCUT2D eigenvalue weighted by Crippen LogP contribution is -2.34. The van der Waals surface area contributed by atoms with Crippen LogP contribution in [0.3, 0.4) is 0 Å². The number of phenolic OH excluding ortho intramolecular Hbond substituents is 1. The zero-order valence-corrected chi connectivity index (χ0v) is 12.6. The molecule has 1 aromatic rings. The molecule has 20 heavy (non-hydrogen) atoms. The second-order valence-corrected chi connectivity index (χ2v) is 5.58. The van der Waals surface area contributed by atoms with E-state index >= 15 is 0 Å². The van der Waals surface area contributed by atoms with Crippen molar-refractivity contribution in [3.63, 3.8) is 0 Å². The first-order valence-corrected chi connectivity index (χ1v) is 7.43. The molecule has 0 heterocycles. The lowest BCUT2D eigenvalue weighted by Gasteiger charge is -2.27. The maximum absolute atomic E-state index is 9.67. The maximum Gasteiger partial charge on any atom is 0.115 e. The summed E-state index contributed by atoms with van der Waals surface area (Å²) in [6.07, 6.45) is 3.49. The molecule has 0 spiro atoms. The Morgan fingerprint density at radius 2 is 2.25 bits per heavy atom. The van der Waals surface area contributed by atoms with E-state index in [0.717, 1.165) is 39.1 Å². The summed E-state index contributed by atoms with van der Waals surface area (Å²) in [4.78, 5) is 2.27. The van der Waals surface area contributed by atoms with E-state index in [9.17, 15) is 5.11 Å². The first-order chi connectivity index (χ1) is 9.70. The first kappa shape index (κ1) is 15.3. The summed E-state index contributed by atoms with van der Waals surface area (Å²) >= 11 is 0. The van der Waals surface area contributed by atoms with Gasteiger partial charge < -0.3 is 20.1 Å². The van der Waals surface area contributed by atoms with Crippen LogP contribution in [0.2, 0.25) is 0 Å². The number of ether oxygens (including phenoxy) is 1. The number of phenols is 1. The Kier molecular flexibility index (Phi) is 5.83. The third kappa shape index (κ3) is 4.20. The van der Waals surface area contributed by atoms with E-state index in [1.165, 1.54) is 17.5 Å². The molecule has 1 aliphatic rings. The van der Waals surface area contributed by atoms with E-state index < -0.39 is 0 Å². The Labute approximate surface area is 121 Å². The van der Waals surface area contributed by atoms with E-state index in [4.69, 9.17) is 4.74 Å². The predicted octanol–water partition coefficient (Wildman–Crippen LogP) is 1.94. The maximum atomic E-state index is 9.67. The highest BCUT2D eigenvalue weighted by Gasteiger charge is 2.19. The van der Waals surface area contributed by atoms with Gasteiger partial charge in [0.25, 0.3) is 0 Å². The summed E-state index contributed by atoms with van der Waals surface area (Å²) < 4.78 is 5.08. The van der Waals surface area contributed by atoms with E-state index in [-0.39, 0.29) is 0 Å². The van der Waals surface area contributed by atoms with Crippen molar-refractivity contribution < 1.29 is 9.84 Å². The molecule has 1 aliphatic carbocycles. The number of benzene rings is 1. The van der Waals surface area contributed by atoms with Gasteiger partial charge in [-0.25, -0.2) is 0 Å². The highest BCUT2D eigenvalue weighted by atomic mass is 16.5. The summed E-state index contributed by atoms with van der Waals surface area (Å²) in [6.45, 7) is 3.70. The zero-order valence-electron chi connectivity index (χ0n) is 12.6. The molecule has 1 aromatic carbocycles. The minimum Gasteiger partial charge on any atom is -0.508 e. The fourth-order valence-electron chi connectivity index (χ4n) is 2.79. The van der Waals surface area contributed by atoms with Crippen molar-refractivity contribution in [2.45, 2.75) is 25.3 Å². The Morgan fingerprint density at radius 3 is 3.05 bits per heavy atom. The Bertz CT molecular complexity index is 423. The van der Waals surface area contributed by atoms with Crippen molar-refractivity contribution in [2.75, 3.05) is 40.4 Å². The van der Waals surface area contributed by atoms with Crippen LogP contribution in [0.5, 0.6) is 5.75 Å². The fraction of sp³-hybridized carbons (Fsp3) is 0.625. The summed E-state index contributed by atoms with van der Waals surface area (Å²) in [5, 5.41) is 13.3. The minimum absolute atomic E-state index is 0.370. The Balaban J connectivity index is 1.84. The topological polar surface area (TPSA) is 44.7 Å². The van der Waals surface area contributed by atoms with Crippen LogP contribution in [-0.4, -0.2) is 50.4 Å². The minimum atomic E-state index is 0.370. The number of aryl methyl sites for hydroxylation is 1. The van der Waals surface area contributed by atoms with E-state index in [2.05, 4.69) is 23.3 Å². The lowest BCUT2D eigenvalue weighted by molar-refractivity contribution is 0.161. The van der Waals surface area contributed by atoms with Gasteiger partial charge in [-0.15, -0.1) is 0 Å². The number of methoxy groups -OCH3 is 1. The number of nitrogens with zero attached hydrogens (tertiary/aromatic N) is 1. The highest BCUT2D eigenvalue weighted by Crippen LogP contribution is 2.31. The van der Waals surface area contributed by atoms with E-state index in [1.807, 2.05) is 6.07 Å². The number of aromatic hydroxyl groups is 1. The second kappa shape index (κ2) is 7.62. The van der Waals surface area contributed by atoms with Crippen molar-refractivity contribution in [3.8, 4) is 5.75 Å². The van der Waals surface area contributed by atoms with Crippen molar-refractivity contribution in [2.24, 2.45) is 0 Å². The van der Waals surface area contributed by atoms with Crippen LogP contribution in [0.15, 0.2) is 18.2 Å². The van der Waals surface area contributed by atoms with Gasteiger partial charge in [0.15, 0.2) is 0 Å². The van der Waals surface area contributed by atoms with Gasteiger partial charge in [0.05, 0.1) is 6.61 Å². The summed E-state index contributed by atoms with van der Waals surface area (Å²) in [5.41, 5.74) is 2.65. The quantitative estimate of drug-likeness (QED) is 0.800. The molecule has 2 N–H and O–H groups in total. The number of nitrogens with one attached hydrogen (secondary N) is 1. The molecule has 0 saturated carbocycles. The number of likely N-dealkylation sites (N-methyl/N-ethyl adjacent to an activating group) is 1. The number of hydrogen-bond acceptors (Lipinski definition) is 4. The van der Waals surface area contributed by atoms with Gasteiger partial charge in [-0.2, -0.15) is 0 Å². The molecule has 1 atom stereocenters. The summed E-state index contributed by atoms with van der Waals surface area (Å²) in [5.74, 6) is 0.370. The number of fused-ring (bicyclic) bond motifs is 1. The SMILES string of the molecule is COCCN(C)CCNC1CCCc2ccc(O)cc21. The highest BCUT2D eigenvalue weighted by molar-refractivity contribution is 5.38. The van der Waals surface area contributed by atoms with Gasteiger partial charge in [-0.3, -0.25) is 0 Å². The van der Waals surface area contributed by atoms with E-state index in [1.54, 1.807) is 13.2 Å². The molecule has 112 valence electrons. The van der Waals surface area contributed by atoms with Gasteiger partial charge in [0.2, 0.25) is 0 Å². The second-order valence-electron chi connectivity index (χ2n) is 5.58. The summed E-state index contributed by atoms with van der Waals surface area (Å²) in [7, 11) is 3.85. The normalized spacial score (nSPS) is 18.2. The molecule has 0 aromatic heterocycles. The molecule has 0 amide bonds. The lowest BCUT2D eigenvalue weighted by atomic mass is 9.87. The van der Waals surface area contributed by atoms with Crippen LogP contribution in [0.1, 0.15) is 30.0 Å². The predicted molar refractivity (Wildman–Crippen MR) is 81.2 cm³/mol. The largest absolute Gasteiger partial charge is 0.508 e. The van der Waals surface area contributed by atoms with Crippen LogP contribution in [-0.2, 0) is 11.2 Å². The Hall–Kier alpha value is -1.10. The molecule has 1 unspecified atom stereocenters. The first-order valence-electron chi connectivity index (χ1n) is 7.43. The van der Waals surface area contributed by atoms with Crippen LogP contribution in [0.25, 0.3) is 0 Å². The van der Waals surface area contributed by atoms with Crippen molar-refractivity contribution in [3.05, 3.63) is 29.3 Å². The van der Waals surface area contributed by atoms with Gasteiger partial charge in [-0.1, -0.05) is 6.07 Å². The number of hydrogen-bond donors (Lipinski definition) is 2. The van der Waals surface area contributed by atoms with Crippen LogP contribution >= 0.6 is 0 Å². The van der Waals surface area contributed by atoms with Gasteiger partial charge in [0.1, 0.15) is 5.75 Å². The molecular formula is C16H26N2O2. The molecule has 0 aliphatic heterocycles. The molecule has 4 nitrogen and oxygen atoms in total. The molecule has 0 bridgehead atoms. The average Bonchev–Trinajstić information content (AvgIpc) is 2.45. The van der Waals surface area contributed by atoms with Crippen molar-refractivity contribution in [1.29, 1.82) is 0 Å². The van der Waals surface area contributed by atoms with Crippen LogP contribution < -0.4 is 5.32 Å². The fourth-order valence-corrected chi connectivity index (χ4v) is 2.79. The average molecular weight is 278 g/mol. The molecule has 0 radical (unpaired) electrons. The third-order valence-corrected chi connectivity index (χ3v) is 4.01. The standard InChI is InChI=1S/C16H26N2O2/c1-18(10-11-20-2)9-8-17-16-5-3-4-13-6-7-14(19)12-15(13)16/h6-7,12,16-17,19H,3-5,8-11H2,1-2H3. The van der Waals surface area contributed by atoms with E-state index in [0.29, 0.717) is 11.8 Å². The zero-order chi connectivity index (χ0) is 14.4. The monoisotopic (exact) mass is 278 g/mol. The van der Waals surface area contributed by atoms with Gasteiger partial charge >= 0.3 is 0 Å². The molecule has 4 heteroatoms. The smallest absolute Gasteiger partial charge is 0.115 e. The third-order valence-electron chi connectivity index (χ3n) is 4.01. The number of rotatable bonds is 7. The molecule has 0 saturated heterocycles. The molecule has 2 rings (SSSR count). The van der Waals surface area contributed by atoms with Gasteiger partial charge in [-0.05, 0) is 49.6 Å². The van der Waals surface area contributed by atoms with Gasteiger partial charge in [0, 0.05) is 32.8 Å². The molecular weight excluding hydrogens is 252 g/mol. The summed E-state index contributed by atoms with van der Waals surface area (Å²) in [6, 6.07) is 6.14. The van der Waals surface area contributed by atoms with Crippen LogP contribution in [0, 0.1) is 0 Å². The Morgan fingerprint density at radius 1 is 1.40 bits per heavy atom. The van der Waals surface area contributed by atoms with Crippen LogP contribution in [0.4, 0.5) is 0 Å². The van der Waals surface area contributed by atoms with Crippen molar-refractivity contribution >= 4 is 0 Å². The molecule has 0 fully saturated rings.